The number of halogens is 1. The van der Waals surface area contributed by atoms with Crippen LogP contribution in [0.5, 0.6) is 5.75 Å². The van der Waals surface area contributed by atoms with Gasteiger partial charge in [-0.25, -0.2) is 4.79 Å². The van der Waals surface area contributed by atoms with E-state index in [9.17, 15) is 9.59 Å². The third-order valence-electron chi connectivity index (χ3n) is 4.42. The van der Waals surface area contributed by atoms with Crippen LogP contribution in [0.25, 0.3) is 0 Å². The molecule has 0 saturated carbocycles. The quantitative estimate of drug-likeness (QED) is 0.755. The Balaban J connectivity index is 1.66. The minimum Gasteiger partial charge on any atom is -0.493 e. The number of ether oxygens (including phenoxy) is 2. The van der Waals surface area contributed by atoms with E-state index in [1.54, 1.807) is 29.2 Å². The Kier molecular flexibility index (Phi) is 5.78. The van der Waals surface area contributed by atoms with E-state index in [4.69, 9.17) is 21.1 Å². The van der Waals surface area contributed by atoms with Gasteiger partial charge in [-0.15, -0.1) is 0 Å². The van der Waals surface area contributed by atoms with Crippen LogP contribution in [0.15, 0.2) is 48.5 Å². The normalized spacial score (nSPS) is 15.9. The third kappa shape index (κ3) is 4.17. The summed E-state index contributed by atoms with van der Waals surface area (Å²) < 4.78 is 10.5. The lowest BCUT2D eigenvalue weighted by Gasteiger charge is -2.35. The molecule has 0 N–H and O–H groups in total. The van der Waals surface area contributed by atoms with Gasteiger partial charge in [-0.2, -0.15) is 0 Å². The first-order valence-corrected chi connectivity index (χ1v) is 8.78. The Bertz CT molecular complexity index is 808. The summed E-state index contributed by atoms with van der Waals surface area (Å²) in [4.78, 5) is 26.4. The van der Waals surface area contributed by atoms with Gasteiger partial charge in [0, 0.05) is 18.0 Å². The summed E-state index contributed by atoms with van der Waals surface area (Å²) in [6.45, 7) is 0.608. The molecule has 0 spiro atoms. The van der Waals surface area contributed by atoms with Crippen molar-refractivity contribution in [3.63, 3.8) is 0 Å². The Hall–Kier alpha value is -2.53. The first-order chi connectivity index (χ1) is 12.6. The Morgan fingerprint density at radius 1 is 1.15 bits per heavy atom. The zero-order chi connectivity index (χ0) is 18.5. The molecule has 3 rings (SSSR count). The number of methoxy groups -OCH3 is 1. The van der Waals surface area contributed by atoms with Gasteiger partial charge in [0.2, 0.25) is 5.91 Å². The number of carbonyl (C=O) groups is 2. The topological polar surface area (TPSA) is 55.8 Å². The molecular formula is C20H20ClNO4. The molecule has 2 aromatic rings. The van der Waals surface area contributed by atoms with Gasteiger partial charge < -0.3 is 14.4 Å². The lowest BCUT2D eigenvalue weighted by atomic mass is 9.93. The number of hydrogen-bond donors (Lipinski definition) is 0. The molecule has 0 radical (unpaired) electrons. The highest BCUT2D eigenvalue weighted by molar-refractivity contribution is 6.30. The van der Waals surface area contributed by atoms with Crippen molar-refractivity contribution < 1.29 is 19.1 Å². The lowest BCUT2D eigenvalue weighted by molar-refractivity contribution is -0.154. The lowest BCUT2D eigenvalue weighted by Crippen LogP contribution is -2.49. The van der Waals surface area contributed by atoms with Crippen LogP contribution in [0.1, 0.15) is 17.5 Å². The molecule has 2 aromatic carbocycles. The van der Waals surface area contributed by atoms with Crippen LogP contribution in [-0.2, 0) is 27.3 Å². The zero-order valence-electron chi connectivity index (χ0n) is 14.5. The number of carbonyl (C=O) groups excluding carboxylic acids is 2. The molecule has 0 aliphatic carbocycles. The monoisotopic (exact) mass is 373 g/mol. The largest absolute Gasteiger partial charge is 0.493 e. The van der Waals surface area contributed by atoms with Crippen molar-refractivity contribution in [2.24, 2.45) is 0 Å². The Labute approximate surface area is 157 Å². The van der Waals surface area contributed by atoms with E-state index in [1.807, 2.05) is 24.3 Å². The van der Waals surface area contributed by atoms with Gasteiger partial charge in [0.1, 0.15) is 11.8 Å². The van der Waals surface area contributed by atoms with E-state index in [2.05, 4.69) is 0 Å². The van der Waals surface area contributed by atoms with E-state index in [0.717, 1.165) is 11.1 Å². The van der Waals surface area contributed by atoms with Gasteiger partial charge in [0.05, 0.1) is 20.1 Å². The second-order valence-electron chi connectivity index (χ2n) is 6.09. The number of nitrogens with zero attached hydrogens (tertiary/aromatic N) is 1. The summed E-state index contributed by atoms with van der Waals surface area (Å²) in [5.41, 5.74) is 2.12. The van der Waals surface area contributed by atoms with Crippen molar-refractivity contribution >= 4 is 23.5 Å². The maximum atomic E-state index is 12.7. The minimum atomic E-state index is -0.603. The summed E-state index contributed by atoms with van der Waals surface area (Å²) in [5, 5.41) is 0.576. The molecular weight excluding hydrogens is 354 g/mol. The summed E-state index contributed by atoms with van der Waals surface area (Å²) in [5.74, 6) is 0.0688. The highest BCUT2D eigenvalue weighted by Gasteiger charge is 2.34. The van der Waals surface area contributed by atoms with Crippen LogP contribution in [0.2, 0.25) is 5.02 Å². The molecule has 6 heteroatoms. The number of hydrogen-bond acceptors (Lipinski definition) is 4. The number of rotatable bonds is 5. The smallest absolute Gasteiger partial charge is 0.328 e. The molecule has 26 heavy (non-hydrogen) atoms. The average Bonchev–Trinajstić information content (AvgIpc) is 2.66. The summed E-state index contributed by atoms with van der Waals surface area (Å²) in [6, 6.07) is 14.2. The van der Waals surface area contributed by atoms with E-state index >= 15 is 0 Å². The van der Waals surface area contributed by atoms with E-state index in [1.165, 1.54) is 7.11 Å². The molecule has 0 aromatic heterocycles. The molecule has 0 fully saturated rings. The molecule has 1 atom stereocenters. The molecule has 1 unspecified atom stereocenters. The van der Waals surface area contributed by atoms with Crippen molar-refractivity contribution in [1.82, 2.24) is 4.90 Å². The van der Waals surface area contributed by atoms with Crippen molar-refractivity contribution in [3.05, 3.63) is 64.7 Å². The second kappa shape index (κ2) is 8.23. The van der Waals surface area contributed by atoms with Gasteiger partial charge in [0.25, 0.3) is 0 Å². The SMILES string of the molecule is COC(=O)C1Cc2ccccc2CN1C(=O)CCOc1cccc(Cl)c1. The molecule has 1 aliphatic heterocycles. The Morgan fingerprint density at radius 2 is 1.92 bits per heavy atom. The van der Waals surface area contributed by atoms with Crippen molar-refractivity contribution in [3.8, 4) is 5.75 Å². The molecule has 0 bridgehead atoms. The van der Waals surface area contributed by atoms with Crippen LogP contribution in [-0.4, -0.2) is 36.5 Å². The first kappa shape index (κ1) is 18.3. The molecule has 5 nitrogen and oxygen atoms in total. The highest BCUT2D eigenvalue weighted by atomic mass is 35.5. The summed E-state index contributed by atoms with van der Waals surface area (Å²) in [6.07, 6.45) is 0.631. The maximum Gasteiger partial charge on any atom is 0.328 e. The molecule has 1 heterocycles. The molecule has 1 aliphatic rings. The maximum absolute atomic E-state index is 12.7. The van der Waals surface area contributed by atoms with E-state index in [0.29, 0.717) is 23.7 Å². The first-order valence-electron chi connectivity index (χ1n) is 8.41. The zero-order valence-corrected chi connectivity index (χ0v) is 15.2. The second-order valence-corrected chi connectivity index (χ2v) is 6.53. The van der Waals surface area contributed by atoms with Gasteiger partial charge in [0.15, 0.2) is 0 Å². The number of fused-ring (bicyclic) bond motifs is 1. The van der Waals surface area contributed by atoms with Crippen molar-refractivity contribution in [1.29, 1.82) is 0 Å². The standard InChI is InChI=1S/C20H20ClNO4/c1-25-20(24)18-11-14-5-2-3-6-15(14)13-22(18)19(23)9-10-26-17-8-4-7-16(21)12-17/h2-8,12,18H,9-11,13H2,1H3. The van der Waals surface area contributed by atoms with Gasteiger partial charge in [-0.3, -0.25) is 4.79 Å². The molecule has 0 saturated heterocycles. The van der Waals surface area contributed by atoms with E-state index < -0.39 is 12.0 Å². The fourth-order valence-corrected chi connectivity index (χ4v) is 3.27. The van der Waals surface area contributed by atoms with Crippen LogP contribution in [0.4, 0.5) is 0 Å². The van der Waals surface area contributed by atoms with Gasteiger partial charge in [-0.1, -0.05) is 41.9 Å². The summed E-state index contributed by atoms with van der Waals surface area (Å²) >= 11 is 5.92. The summed E-state index contributed by atoms with van der Waals surface area (Å²) in [7, 11) is 1.34. The number of esters is 1. The number of benzene rings is 2. The van der Waals surface area contributed by atoms with Crippen molar-refractivity contribution in [2.45, 2.75) is 25.4 Å². The predicted octanol–water partition coefficient (Wildman–Crippen LogP) is 3.24. The minimum absolute atomic E-state index is 0.142. The fourth-order valence-electron chi connectivity index (χ4n) is 3.09. The van der Waals surface area contributed by atoms with Crippen LogP contribution >= 0.6 is 11.6 Å². The van der Waals surface area contributed by atoms with E-state index in [-0.39, 0.29) is 18.9 Å². The Morgan fingerprint density at radius 3 is 2.65 bits per heavy atom. The van der Waals surface area contributed by atoms with Crippen molar-refractivity contribution in [2.75, 3.05) is 13.7 Å². The molecule has 136 valence electrons. The molecule has 1 amide bonds. The van der Waals surface area contributed by atoms with Gasteiger partial charge in [-0.05, 0) is 29.3 Å². The predicted molar refractivity (Wildman–Crippen MR) is 98.1 cm³/mol. The highest BCUT2D eigenvalue weighted by Crippen LogP contribution is 2.25. The average molecular weight is 374 g/mol. The number of amides is 1. The van der Waals surface area contributed by atoms with Gasteiger partial charge >= 0.3 is 5.97 Å². The van der Waals surface area contributed by atoms with Crippen LogP contribution in [0.3, 0.4) is 0 Å². The third-order valence-corrected chi connectivity index (χ3v) is 4.66. The van der Waals surface area contributed by atoms with Crippen LogP contribution in [0, 0.1) is 0 Å². The van der Waals surface area contributed by atoms with Crippen LogP contribution < -0.4 is 4.74 Å². The fraction of sp³-hybridized carbons (Fsp3) is 0.300.